The lowest BCUT2D eigenvalue weighted by molar-refractivity contribution is 0.0149. The smallest absolute Gasteiger partial charge is 0.315 e. The van der Waals surface area contributed by atoms with E-state index in [1.165, 1.54) is 0 Å². The summed E-state index contributed by atoms with van der Waals surface area (Å²) in [6.07, 6.45) is 4.22. The number of carbonyl (C=O) groups is 1. The molecule has 3 N–H and O–H groups in total. The molecule has 1 saturated carbocycles. The Morgan fingerprint density at radius 3 is 2.73 bits per heavy atom. The maximum Gasteiger partial charge on any atom is 0.315 e. The first kappa shape index (κ1) is 17.5. The van der Waals surface area contributed by atoms with E-state index in [1.54, 1.807) is 0 Å². The summed E-state index contributed by atoms with van der Waals surface area (Å²) in [5.74, 6) is 0.642. The largest absolute Gasteiger partial charge is 0.392 e. The number of hydrogen-bond donors (Lipinski definition) is 3. The molecule has 2 aliphatic rings. The first-order valence-electron chi connectivity index (χ1n) is 8.65. The van der Waals surface area contributed by atoms with Crippen LogP contribution in [0.4, 0.5) is 4.79 Å². The van der Waals surface area contributed by atoms with Gasteiger partial charge in [-0.3, -0.25) is 0 Å². The lowest BCUT2D eigenvalue weighted by Crippen LogP contribution is -2.52. The molecule has 0 aromatic carbocycles. The van der Waals surface area contributed by atoms with Crippen LogP contribution in [-0.2, 0) is 4.74 Å². The zero-order chi connectivity index (χ0) is 16.3. The summed E-state index contributed by atoms with van der Waals surface area (Å²) in [6, 6.07) is 0.0981. The van der Waals surface area contributed by atoms with Crippen molar-refractivity contribution in [2.45, 2.75) is 71.6 Å². The number of aliphatic hydroxyl groups excluding tert-OH is 1. The predicted octanol–water partition coefficient (Wildman–Crippen LogP) is 2.29. The molecule has 4 unspecified atom stereocenters. The third-order valence-electron chi connectivity index (χ3n) is 5.23. The highest BCUT2D eigenvalue weighted by atomic mass is 16.5. The fraction of sp³-hybridized carbons (Fsp3) is 0.941. The zero-order valence-electron chi connectivity index (χ0n) is 14.4. The summed E-state index contributed by atoms with van der Waals surface area (Å²) < 4.78 is 5.74. The molecule has 0 radical (unpaired) electrons. The van der Waals surface area contributed by atoms with Gasteiger partial charge in [0.15, 0.2) is 0 Å². The number of hydrogen-bond acceptors (Lipinski definition) is 3. The maximum atomic E-state index is 12.2. The van der Waals surface area contributed by atoms with Crippen LogP contribution in [0.2, 0.25) is 0 Å². The predicted molar refractivity (Wildman–Crippen MR) is 86.6 cm³/mol. The summed E-state index contributed by atoms with van der Waals surface area (Å²) in [5, 5.41) is 16.3. The molecule has 1 aliphatic heterocycles. The number of urea groups is 1. The van der Waals surface area contributed by atoms with E-state index in [9.17, 15) is 9.90 Å². The fourth-order valence-corrected chi connectivity index (χ4v) is 3.89. The maximum absolute atomic E-state index is 12.2. The Bertz CT molecular complexity index is 384. The Balaban J connectivity index is 1.80. The van der Waals surface area contributed by atoms with E-state index < -0.39 is 6.10 Å². The fourth-order valence-electron chi connectivity index (χ4n) is 3.89. The Morgan fingerprint density at radius 2 is 2.05 bits per heavy atom. The molecule has 1 heterocycles. The van der Waals surface area contributed by atoms with E-state index >= 15 is 0 Å². The van der Waals surface area contributed by atoms with Gasteiger partial charge in [0.25, 0.3) is 0 Å². The minimum atomic E-state index is -0.435. The van der Waals surface area contributed by atoms with E-state index in [0.29, 0.717) is 18.6 Å². The van der Waals surface area contributed by atoms with Crippen molar-refractivity contribution >= 4 is 6.03 Å². The first-order valence-corrected chi connectivity index (χ1v) is 8.65. The Morgan fingerprint density at radius 1 is 1.32 bits per heavy atom. The van der Waals surface area contributed by atoms with Crippen molar-refractivity contribution in [3.63, 3.8) is 0 Å². The first-order chi connectivity index (χ1) is 10.3. The monoisotopic (exact) mass is 312 g/mol. The molecular formula is C17H32N2O3. The van der Waals surface area contributed by atoms with Crippen LogP contribution in [0.1, 0.15) is 53.4 Å². The standard InChI is InChI=1S/C17H32N2O3/c1-11(2)15(20)17(3,4)10-18-16(21)19-13-6-5-7-14-12(13)8-9-22-14/h11-15,20H,5-10H2,1-4H3,(H2,18,19,21). The van der Waals surface area contributed by atoms with E-state index in [2.05, 4.69) is 10.6 Å². The van der Waals surface area contributed by atoms with Gasteiger partial charge in [-0.05, 0) is 31.6 Å². The molecule has 2 amide bonds. The van der Waals surface area contributed by atoms with E-state index in [0.717, 1.165) is 32.3 Å². The number of nitrogens with one attached hydrogen (secondary N) is 2. The molecule has 0 aromatic rings. The highest BCUT2D eigenvalue weighted by molar-refractivity contribution is 5.74. The average Bonchev–Trinajstić information content (AvgIpc) is 2.94. The number of fused-ring (bicyclic) bond motifs is 1. The number of ether oxygens (including phenoxy) is 1. The zero-order valence-corrected chi connectivity index (χ0v) is 14.4. The van der Waals surface area contributed by atoms with Crippen LogP contribution in [0.5, 0.6) is 0 Å². The van der Waals surface area contributed by atoms with Gasteiger partial charge in [0.1, 0.15) is 0 Å². The molecule has 1 saturated heterocycles. The van der Waals surface area contributed by atoms with Gasteiger partial charge >= 0.3 is 6.03 Å². The Hall–Kier alpha value is -0.810. The summed E-state index contributed by atoms with van der Waals surface area (Å²) >= 11 is 0. The van der Waals surface area contributed by atoms with E-state index in [1.807, 2.05) is 27.7 Å². The summed E-state index contributed by atoms with van der Waals surface area (Å²) in [7, 11) is 0. The quantitative estimate of drug-likeness (QED) is 0.729. The third-order valence-corrected chi connectivity index (χ3v) is 5.23. The second kappa shape index (κ2) is 7.18. The highest BCUT2D eigenvalue weighted by Crippen LogP contribution is 2.34. The molecule has 2 fully saturated rings. The lowest BCUT2D eigenvalue weighted by Gasteiger charge is -2.35. The van der Waals surface area contributed by atoms with Crippen LogP contribution in [-0.4, -0.2) is 42.5 Å². The Labute approximate surface area is 134 Å². The van der Waals surface area contributed by atoms with Crippen molar-refractivity contribution in [2.24, 2.45) is 17.3 Å². The van der Waals surface area contributed by atoms with Crippen LogP contribution >= 0.6 is 0 Å². The van der Waals surface area contributed by atoms with Gasteiger partial charge in [0.2, 0.25) is 0 Å². The van der Waals surface area contributed by atoms with Crippen molar-refractivity contribution in [1.82, 2.24) is 10.6 Å². The normalized spacial score (nSPS) is 30.0. The molecule has 5 heteroatoms. The van der Waals surface area contributed by atoms with Crippen LogP contribution in [0.25, 0.3) is 0 Å². The molecule has 0 spiro atoms. The number of carbonyl (C=O) groups excluding carboxylic acids is 1. The minimum Gasteiger partial charge on any atom is -0.392 e. The van der Waals surface area contributed by atoms with Crippen molar-refractivity contribution in [3.05, 3.63) is 0 Å². The molecule has 0 aromatic heterocycles. The van der Waals surface area contributed by atoms with Crippen molar-refractivity contribution in [1.29, 1.82) is 0 Å². The van der Waals surface area contributed by atoms with Crippen LogP contribution in [0.15, 0.2) is 0 Å². The minimum absolute atomic E-state index is 0.124. The highest BCUT2D eigenvalue weighted by Gasteiger charge is 2.38. The molecule has 2 rings (SSSR count). The second-order valence-electron chi connectivity index (χ2n) is 7.90. The van der Waals surface area contributed by atoms with E-state index in [4.69, 9.17) is 4.74 Å². The number of amides is 2. The number of rotatable bonds is 5. The van der Waals surface area contributed by atoms with Gasteiger partial charge in [-0.1, -0.05) is 27.7 Å². The topological polar surface area (TPSA) is 70.6 Å². The third kappa shape index (κ3) is 4.13. The summed E-state index contributed by atoms with van der Waals surface area (Å²) in [4.78, 5) is 12.2. The van der Waals surface area contributed by atoms with E-state index in [-0.39, 0.29) is 23.4 Å². The molecule has 5 nitrogen and oxygen atoms in total. The van der Waals surface area contributed by atoms with Crippen molar-refractivity contribution in [3.8, 4) is 0 Å². The van der Waals surface area contributed by atoms with Gasteiger partial charge in [-0.2, -0.15) is 0 Å². The van der Waals surface area contributed by atoms with Crippen LogP contribution in [0, 0.1) is 17.3 Å². The molecule has 1 aliphatic carbocycles. The summed E-state index contributed by atoms with van der Waals surface area (Å²) in [6.45, 7) is 9.25. The van der Waals surface area contributed by atoms with Gasteiger partial charge in [-0.25, -0.2) is 4.79 Å². The van der Waals surface area contributed by atoms with Gasteiger partial charge < -0.3 is 20.5 Å². The van der Waals surface area contributed by atoms with Crippen LogP contribution < -0.4 is 10.6 Å². The van der Waals surface area contributed by atoms with Gasteiger partial charge in [-0.15, -0.1) is 0 Å². The van der Waals surface area contributed by atoms with Crippen molar-refractivity contribution < 1.29 is 14.6 Å². The second-order valence-corrected chi connectivity index (χ2v) is 7.90. The van der Waals surface area contributed by atoms with Crippen molar-refractivity contribution in [2.75, 3.05) is 13.2 Å². The molecule has 4 atom stereocenters. The number of aliphatic hydroxyl groups is 1. The van der Waals surface area contributed by atoms with Gasteiger partial charge in [0.05, 0.1) is 12.2 Å². The molecular weight excluding hydrogens is 280 g/mol. The summed E-state index contributed by atoms with van der Waals surface area (Å²) in [5.41, 5.74) is -0.336. The average molecular weight is 312 g/mol. The lowest BCUT2D eigenvalue weighted by atomic mass is 9.80. The molecule has 0 bridgehead atoms. The molecule has 128 valence electrons. The Kier molecular flexibility index (Phi) is 5.72. The van der Waals surface area contributed by atoms with Crippen LogP contribution in [0.3, 0.4) is 0 Å². The van der Waals surface area contributed by atoms with Gasteiger partial charge in [0, 0.05) is 30.5 Å². The molecule has 22 heavy (non-hydrogen) atoms. The SMILES string of the molecule is CC(C)C(O)C(C)(C)CNC(=O)NC1CCCC2OCCC12.